The van der Waals surface area contributed by atoms with Crippen molar-refractivity contribution in [1.29, 1.82) is 0 Å². The van der Waals surface area contributed by atoms with E-state index in [1.807, 2.05) is 13.8 Å². The largest absolute Gasteiger partial charge is 0.393 e. The summed E-state index contributed by atoms with van der Waals surface area (Å²) in [4.78, 5) is 10.7. The summed E-state index contributed by atoms with van der Waals surface area (Å²) in [5, 5.41) is 12.6. The Balaban J connectivity index is 2.34. The van der Waals surface area contributed by atoms with Crippen LogP contribution in [0.15, 0.2) is 0 Å². The quantitative estimate of drug-likeness (QED) is 0.641. The van der Waals surface area contributed by atoms with E-state index in [0.717, 1.165) is 32.0 Å². The van der Waals surface area contributed by atoms with Gasteiger partial charge in [0, 0.05) is 6.04 Å². The second kappa shape index (κ2) is 4.20. The van der Waals surface area contributed by atoms with Crippen LogP contribution in [0.2, 0.25) is 0 Å². The average Bonchev–Trinajstić information content (AvgIpc) is 2.09. The van der Waals surface area contributed by atoms with Gasteiger partial charge >= 0.3 is 0 Å². The van der Waals surface area contributed by atoms with Gasteiger partial charge in [-0.3, -0.25) is 0 Å². The highest BCUT2D eigenvalue weighted by molar-refractivity contribution is 5.62. The monoisotopic (exact) mass is 185 g/mol. The van der Waals surface area contributed by atoms with Gasteiger partial charge in [-0.05, 0) is 39.5 Å². The summed E-state index contributed by atoms with van der Waals surface area (Å²) < 4.78 is 0. The van der Waals surface area contributed by atoms with Crippen LogP contribution in [0, 0.1) is 0 Å². The number of nitrogens with one attached hydrogen (secondary N) is 1. The fraction of sp³-hybridized carbons (Fsp3) is 0.900. The third kappa shape index (κ3) is 3.44. The number of hydrogen-bond acceptors (Lipinski definition) is 3. The Labute approximate surface area is 79.5 Å². The van der Waals surface area contributed by atoms with Crippen LogP contribution < -0.4 is 5.32 Å². The van der Waals surface area contributed by atoms with Crippen molar-refractivity contribution in [2.45, 2.75) is 57.2 Å². The van der Waals surface area contributed by atoms with Crippen LogP contribution in [0.4, 0.5) is 0 Å². The Bertz CT molecular complexity index is 172. The molecule has 0 amide bonds. The molecule has 1 saturated carbocycles. The Morgan fingerprint density at radius 3 is 2.31 bits per heavy atom. The van der Waals surface area contributed by atoms with Crippen LogP contribution in [0.5, 0.6) is 0 Å². The Morgan fingerprint density at radius 2 is 1.85 bits per heavy atom. The van der Waals surface area contributed by atoms with E-state index >= 15 is 0 Å². The normalized spacial score (nSPS) is 30.1. The number of hydrogen-bond donors (Lipinski definition) is 2. The van der Waals surface area contributed by atoms with Crippen molar-refractivity contribution in [2.24, 2.45) is 0 Å². The molecule has 1 rings (SSSR count). The molecule has 13 heavy (non-hydrogen) atoms. The molecular formula is C10H19NO2. The molecule has 2 N–H and O–H groups in total. The molecule has 0 radical (unpaired) electrons. The molecule has 0 aromatic rings. The second-order valence-electron chi connectivity index (χ2n) is 4.49. The van der Waals surface area contributed by atoms with Crippen LogP contribution in [0.1, 0.15) is 39.5 Å². The van der Waals surface area contributed by atoms with Gasteiger partial charge in [0.2, 0.25) is 0 Å². The van der Waals surface area contributed by atoms with E-state index in [9.17, 15) is 9.90 Å². The molecule has 0 bridgehead atoms. The lowest BCUT2D eigenvalue weighted by Crippen LogP contribution is -2.48. The van der Waals surface area contributed by atoms with Crippen molar-refractivity contribution < 1.29 is 9.90 Å². The van der Waals surface area contributed by atoms with Crippen molar-refractivity contribution in [3.63, 3.8) is 0 Å². The van der Waals surface area contributed by atoms with E-state index in [1.165, 1.54) is 0 Å². The minimum Gasteiger partial charge on any atom is -0.393 e. The molecule has 0 spiro atoms. The molecule has 0 unspecified atom stereocenters. The van der Waals surface area contributed by atoms with E-state index in [1.54, 1.807) is 0 Å². The van der Waals surface area contributed by atoms with Crippen LogP contribution >= 0.6 is 0 Å². The average molecular weight is 185 g/mol. The minimum absolute atomic E-state index is 0.127. The third-order valence-corrected chi connectivity index (χ3v) is 2.57. The van der Waals surface area contributed by atoms with E-state index in [0.29, 0.717) is 6.04 Å². The molecule has 0 aromatic carbocycles. The maximum Gasteiger partial charge on any atom is 0.139 e. The minimum atomic E-state index is -0.424. The SMILES string of the molecule is CC(C)(C=O)NC1CCC(O)CC1. The van der Waals surface area contributed by atoms with Crippen molar-refractivity contribution in [3.05, 3.63) is 0 Å². The number of aliphatic hydroxyl groups excluding tert-OH is 1. The van der Waals surface area contributed by atoms with Crippen LogP contribution in [-0.4, -0.2) is 29.1 Å². The molecule has 0 atom stereocenters. The molecule has 0 aromatic heterocycles. The van der Waals surface area contributed by atoms with Crippen molar-refractivity contribution >= 4 is 6.29 Å². The van der Waals surface area contributed by atoms with Gasteiger partial charge in [-0.15, -0.1) is 0 Å². The summed E-state index contributed by atoms with van der Waals surface area (Å²) in [6.45, 7) is 3.76. The van der Waals surface area contributed by atoms with Gasteiger partial charge in [-0.2, -0.15) is 0 Å². The number of carbonyl (C=O) groups excluding carboxylic acids is 1. The van der Waals surface area contributed by atoms with Gasteiger partial charge in [0.05, 0.1) is 11.6 Å². The van der Waals surface area contributed by atoms with E-state index < -0.39 is 5.54 Å². The second-order valence-corrected chi connectivity index (χ2v) is 4.49. The molecule has 0 aliphatic heterocycles. The lowest BCUT2D eigenvalue weighted by atomic mass is 9.91. The molecule has 0 saturated heterocycles. The van der Waals surface area contributed by atoms with Crippen molar-refractivity contribution in [2.75, 3.05) is 0 Å². The highest BCUT2D eigenvalue weighted by Gasteiger charge is 2.25. The third-order valence-electron chi connectivity index (χ3n) is 2.57. The summed E-state index contributed by atoms with van der Waals surface area (Å²) in [6.07, 6.45) is 4.46. The molecule has 3 heteroatoms. The van der Waals surface area contributed by atoms with Gasteiger partial charge in [0.15, 0.2) is 0 Å². The van der Waals surface area contributed by atoms with Gasteiger partial charge in [0.25, 0.3) is 0 Å². The smallest absolute Gasteiger partial charge is 0.139 e. The number of rotatable bonds is 3. The zero-order chi connectivity index (χ0) is 9.90. The van der Waals surface area contributed by atoms with Crippen molar-refractivity contribution in [3.8, 4) is 0 Å². The first-order valence-electron chi connectivity index (χ1n) is 4.95. The molecule has 1 aliphatic rings. The Kier molecular flexibility index (Phi) is 3.45. The summed E-state index contributed by atoms with van der Waals surface area (Å²) in [5.74, 6) is 0. The summed E-state index contributed by atoms with van der Waals surface area (Å²) >= 11 is 0. The summed E-state index contributed by atoms with van der Waals surface area (Å²) in [7, 11) is 0. The molecular weight excluding hydrogens is 166 g/mol. The predicted molar refractivity (Wildman–Crippen MR) is 51.5 cm³/mol. The molecule has 3 nitrogen and oxygen atoms in total. The number of carbonyl (C=O) groups is 1. The summed E-state index contributed by atoms with van der Waals surface area (Å²) in [5.41, 5.74) is -0.424. The molecule has 1 fully saturated rings. The molecule has 1 aliphatic carbocycles. The lowest BCUT2D eigenvalue weighted by molar-refractivity contribution is -0.112. The predicted octanol–water partition coefficient (Wildman–Crippen LogP) is 0.857. The first-order valence-corrected chi connectivity index (χ1v) is 4.95. The standard InChI is InChI=1S/C10H19NO2/c1-10(2,7-12)11-8-3-5-9(13)6-4-8/h7-9,11,13H,3-6H2,1-2H3. The fourth-order valence-electron chi connectivity index (χ4n) is 1.78. The zero-order valence-corrected chi connectivity index (χ0v) is 8.42. The lowest BCUT2D eigenvalue weighted by Gasteiger charge is -2.31. The van der Waals surface area contributed by atoms with Crippen LogP contribution in [0.3, 0.4) is 0 Å². The number of aliphatic hydroxyl groups is 1. The highest BCUT2D eigenvalue weighted by Crippen LogP contribution is 2.19. The first-order chi connectivity index (χ1) is 6.03. The summed E-state index contributed by atoms with van der Waals surface area (Å²) in [6, 6.07) is 0.392. The maximum atomic E-state index is 10.7. The fourth-order valence-corrected chi connectivity index (χ4v) is 1.78. The van der Waals surface area contributed by atoms with E-state index in [-0.39, 0.29) is 6.10 Å². The Morgan fingerprint density at radius 1 is 1.31 bits per heavy atom. The Hall–Kier alpha value is -0.410. The first kappa shape index (κ1) is 10.7. The van der Waals surface area contributed by atoms with Crippen LogP contribution in [-0.2, 0) is 4.79 Å². The van der Waals surface area contributed by atoms with Gasteiger partial charge in [-0.1, -0.05) is 0 Å². The van der Waals surface area contributed by atoms with Gasteiger partial charge in [0.1, 0.15) is 6.29 Å². The molecule has 0 heterocycles. The van der Waals surface area contributed by atoms with Gasteiger partial charge < -0.3 is 15.2 Å². The number of aldehydes is 1. The van der Waals surface area contributed by atoms with E-state index in [4.69, 9.17) is 0 Å². The van der Waals surface area contributed by atoms with Crippen molar-refractivity contribution in [1.82, 2.24) is 5.32 Å². The molecule has 76 valence electrons. The van der Waals surface area contributed by atoms with E-state index in [2.05, 4.69) is 5.32 Å². The zero-order valence-electron chi connectivity index (χ0n) is 8.42. The van der Waals surface area contributed by atoms with Gasteiger partial charge in [-0.25, -0.2) is 0 Å². The highest BCUT2D eigenvalue weighted by atomic mass is 16.3. The van der Waals surface area contributed by atoms with Crippen LogP contribution in [0.25, 0.3) is 0 Å². The topological polar surface area (TPSA) is 49.3 Å². The maximum absolute atomic E-state index is 10.7.